The molecular weight excluding hydrogens is 385 g/mol. The lowest BCUT2D eigenvalue weighted by Gasteiger charge is -2.15. The summed E-state index contributed by atoms with van der Waals surface area (Å²) in [6, 6.07) is 11.4. The summed E-state index contributed by atoms with van der Waals surface area (Å²) in [5, 5.41) is 6.20. The van der Waals surface area contributed by atoms with E-state index in [2.05, 4.69) is 15.6 Å². The molecule has 30 heavy (non-hydrogen) atoms. The Kier molecular flexibility index (Phi) is 6.36. The van der Waals surface area contributed by atoms with Gasteiger partial charge in [-0.3, -0.25) is 9.69 Å². The van der Waals surface area contributed by atoms with Crippen molar-refractivity contribution in [1.29, 1.82) is 0 Å². The Hall–Kier alpha value is -3.81. The van der Waals surface area contributed by atoms with E-state index in [1.807, 2.05) is 32.3 Å². The topological polar surface area (TPSA) is 92.0 Å². The van der Waals surface area contributed by atoms with Crippen LogP contribution < -0.4 is 21.1 Å². The first kappa shape index (κ1) is 20.9. The van der Waals surface area contributed by atoms with Gasteiger partial charge in [0.25, 0.3) is 5.91 Å². The van der Waals surface area contributed by atoms with Crippen molar-refractivity contribution in [2.24, 2.45) is 10.7 Å². The Bertz CT molecular complexity index is 1030. The third-order valence-electron chi connectivity index (χ3n) is 4.60. The van der Waals surface area contributed by atoms with Gasteiger partial charge in [0.1, 0.15) is 17.3 Å². The van der Waals surface area contributed by atoms with Crippen molar-refractivity contribution >= 4 is 23.6 Å². The summed E-state index contributed by atoms with van der Waals surface area (Å²) in [7, 11) is 3.41. The zero-order valence-electron chi connectivity index (χ0n) is 17.1. The number of halogens is 1. The van der Waals surface area contributed by atoms with Crippen molar-refractivity contribution in [2.75, 3.05) is 19.5 Å². The van der Waals surface area contributed by atoms with Crippen LogP contribution in [-0.2, 0) is 11.3 Å². The van der Waals surface area contributed by atoms with E-state index in [-0.39, 0.29) is 29.9 Å². The van der Waals surface area contributed by atoms with E-state index in [4.69, 9.17) is 10.5 Å². The summed E-state index contributed by atoms with van der Waals surface area (Å²) in [6.45, 7) is 2.15. The molecule has 0 fully saturated rings. The normalized spacial score (nSPS) is 15.4. The molecule has 4 N–H and O–H groups in total. The molecule has 1 aliphatic heterocycles. The molecule has 7 nitrogen and oxygen atoms in total. The summed E-state index contributed by atoms with van der Waals surface area (Å²) in [4.78, 5) is 18.3. The monoisotopic (exact) mass is 409 g/mol. The van der Waals surface area contributed by atoms with E-state index >= 15 is 0 Å². The molecule has 0 spiro atoms. The fraction of sp³-hybridized carbons (Fsp3) is 0.182. The lowest BCUT2D eigenvalue weighted by Crippen LogP contribution is -2.36. The SMILES string of the molecule is CN/C(C)=C\Nc1ccc(/C=C2\N=C(N)N(Cc3ccc(F)cc3)C2=O)cc1OC. The van der Waals surface area contributed by atoms with Crippen LogP contribution in [0.1, 0.15) is 18.1 Å². The number of nitrogens with zero attached hydrogens (tertiary/aromatic N) is 2. The molecule has 1 amide bonds. The van der Waals surface area contributed by atoms with Crippen molar-refractivity contribution in [3.05, 3.63) is 77.0 Å². The maximum atomic E-state index is 13.1. The summed E-state index contributed by atoms with van der Waals surface area (Å²) < 4.78 is 18.5. The largest absolute Gasteiger partial charge is 0.495 e. The molecule has 0 aromatic heterocycles. The molecule has 8 heteroatoms. The summed E-state index contributed by atoms with van der Waals surface area (Å²) in [6.07, 6.45) is 3.48. The summed E-state index contributed by atoms with van der Waals surface area (Å²) in [5.41, 5.74) is 9.42. The number of methoxy groups -OCH3 is 1. The minimum absolute atomic E-state index is 0.105. The summed E-state index contributed by atoms with van der Waals surface area (Å²) >= 11 is 0. The Morgan fingerprint density at radius 1 is 1.27 bits per heavy atom. The molecule has 156 valence electrons. The van der Waals surface area contributed by atoms with Crippen molar-refractivity contribution < 1.29 is 13.9 Å². The number of benzene rings is 2. The molecule has 0 saturated carbocycles. The number of rotatable bonds is 7. The predicted octanol–water partition coefficient (Wildman–Crippen LogP) is 3.02. The predicted molar refractivity (Wildman–Crippen MR) is 116 cm³/mol. The number of hydrogen-bond donors (Lipinski definition) is 3. The van der Waals surface area contributed by atoms with Crippen molar-refractivity contribution in [2.45, 2.75) is 13.5 Å². The molecule has 0 atom stereocenters. The van der Waals surface area contributed by atoms with Crippen LogP contribution in [0.3, 0.4) is 0 Å². The maximum Gasteiger partial charge on any atom is 0.279 e. The fourth-order valence-electron chi connectivity index (χ4n) is 2.83. The van der Waals surface area contributed by atoms with Crippen LogP contribution >= 0.6 is 0 Å². The van der Waals surface area contributed by atoms with E-state index in [0.717, 1.165) is 22.5 Å². The molecule has 0 saturated heterocycles. The summed E-state index contributed by atoms with van der Waals surface area (Å²) in [5.74, 6) is 0.0753. The molecule has 2 aromatic rings. The number of guanidine groups is 1. The lowest BCUT2D eigenvalue weighted by atomic mass is 10.1. The maximum absolute atomic E-state index is 13.1. The first-order chi connectivity index (χ1) is 14.4. The quantitative estimate of drug-likeness (QED) is 0.612. The first-order valence-electron chi connectivity index (χ1n) is 9.32. The molecule has 3 rings (SSSR count). The highest BCUT2D eigenvalue weighted by Gasteiger charge is 2.28. The van der Waals surface area contributed by atoms with Crippen LogP contribution in [0, 0.1) is 5.82 Å². The van der Waals surface area contributed by atoms with Gasteiger partial charge in [-0.05, 0) is 48.4 Å². The molecule has 0 aliphatic carbocycles. The second kappa shape index (κ2) is 9.13. The van der Waals surface area contributed by atoms with Crippen LogP contribution in [-0.4, -0.2) is 30.9 Å². The smallest absolute Gasteiger partial charge is 0.279 e. The number of amides is 1. The average molecular weight is 409 g/mol. The Morgan fingerprint density at radius 3 is 2.67 bits per heavy atom. The van der Waals surface area contributed by atoms with Crippen molar-refractivity contribution in [3.63, 3.8) is 0 Å². The van der Waals surface area contributed by atoms with E-state index in [1.165, 1.54) is 17.0 Å². The minimum Gasteiger partial charge on any atom is -0.495 e. The molecule has 1 heterocycles. The van der Waals surface area contributed by atoms with E-state index in [9.17, 15) is 9.18 Å². The Labute approximate surface area is 174 Å². The van der Waals surface area contributed by atoms with E-state index in [1.54, 1.807) is 31.4 Å². The average Bonchev–Trinajstić information content (AvgIpc) is 3.01. The Balaban J connectivity index is 1.79. The lowest BCUT2D eigenvalue weighted by molar-refractivity contribution is -0.123. The van der Waals surface area contributed by atoms with Gasteiger partial charge in [0.15, 0.2) is 0 Å². The van der Waals surface area contributed by atoms with Crippen LogP contribution in [0.15, 0.2) is 65.1 Å². The molecular formula is C22H24FN5O2. The van der Waals surface area contributed by atoms with Gasteiger partial charge in [-0.2, -0.15) is 0 Å². The third kappa shape index (κ3) is 4.78. The number of nitrogens with two attached hydrogens (primary N) is 1. The number of carbonyl (C=O) groups is 1. The van der Waals surface area contributed by atoms with Gasteiger partial charge < -0.3 is 21.1 Å². The number of aliphatic imine (C=N–C) groups is 1. The van der Waals surface area contributed by atoms with E-state index < -0.39 is 0 Å². The minimum atomic E-state index is -0.336. The second-order valence-corrected chi connectivity index (χ2v) is 6.70. The van der Waals surface area contributed by atoms with Gasteiger partial charge in [-0.25, -0.2) is 9.38 Å². The van der Waals surface area contributed by atoms with Gasteiger partial charge in [0, 0.05) is 18.9 Å². The van der Waals surface area contributed by atoms with Gasteiger partial charge in [-0.1, -0.05) is 18.2 Å². The third-order valence-corrected chi connectivity index (χ3v) is 4.60. The number of hydrogen-bond acceptors (Lipinski definition) is 6. The van der Waals surface area contributed by atoms with Crippen LogP contribution in [0.2, 0.25) is 0 Å². The zero-order valence-corrected chi connectivity index (χ0v) is 17.1. The standard InChI is InChI=1S/C22H24FN5O2/c1-14(25-2)12-26-18-9-6-16(11-20(18)30-3)10-19-21(29)28(22(24)27-19)13-15-4-7-17(23)8-5-15/h4-12,25-26H,13H2,1-3H3,(H2,24,27)/b14-12-,19-10-. The number of ether oxygens (including phenoxy) is 1. The first-order valence-corrected chi connectivity index (χ1v) is 9.32. The molecule has 0 bridgehead atoms. The number of carbonyl (C=O) groups excluding carboxylic acids is 1. The van der Waals surface area contributed by atoms with Crippen LogP contribution in [0.5, 0.6) is 5.75 Å². The van der Waals surface area contributed by atoms with Crippen LogP contribution in [0.4, 0.5) is 10.1 Å². The highest BCUT2D eigenvalue weighted by Crippen LogP contribution is 2.28. The highest BCUT2D eigenvalue weighted by molar-refractivity contribution is 6.13. The van der Waals surface area contributed by atoms with E-state index in [0.29, 0.717) is 5.75 Å². The molecule has 1 aliphatic rings. The fourth-order valence-corrected chi connectivity index (χ4v) is 2.83. The van der Waals surface area contributed by atoms with Gasteiger partial charge >= 0.3 is 0 Å². The number of anilines is 1. The van der Waals surface area contributed by atoms with Gasteiger partial charge in [0.2, 0.25) is 5.96 Å². The number of nitrogens with one attached hydrogen (secondary N) is 2. The highest BCUT2D eigenvalue weighted by atomic mass is 19.1. The van der Waals surface area contributed by atoms with Gasteiger partial charge in [-0.15, -0.1) is 0 Å². The second-order valence-electron chi connectivity index (χ2n) is 6.70. The van der Waals surface area contributed by atoms with Gasteiger partial charge in [0.05, 0.1) is 19.3 Å². The zero-order chi connectivity index (χ0) is 21.7. The molecule has 0 unspecified atom stereocenters. The Morgan fingerprint density at radius 2 is 2.00 bits per heavy atom. The van der Waals surface area contributed by atoms with Crippen LogP contribution in [0.25, 0.3) is 6.08 Å². The number of allylic oxidation sites excluding steroid dienone is 1. The van der Waals surface area contributed by atoms with Crippen molar-refractivity contribution in [1.82, 2.24) is 10.2 Å². The molecule has 2 aromatic carbocycles. The molecule has 0 radical (unpaired) electrons. The van der Waals surface area contributed by atoms with Crippen molar-refractivity contribution in [3.8, 4) is 5.75 Å².